The summed E-state index contributed by atoms with van der Waals surface area (Å²) in [5, 5.41) is 0. The lowest BCUT2D eigenvalue weighted by atomic mass is 9.92. The molecule has 2 heterocycles. The van der Waals surface area contributed by atoms with Gasteiger partial charge in [0.25, 0.3) is 11.5 Å². The maximum atomic E-state index is 12.3. The van der Waals surface area contributed by atoms with Gasteiger partial charge in [-0.25, -0.2) is 4.79 Å². The van der Waals surface area contributed by atoms with Gasteiger partial charge in [0.05, 0.1) is 10.6 Å². The smallest absolute Gasteiger partial charge is 0.327 e. The van der Waals surface area contributed by atoms with Crippen LogP contribution in [0.4, 0.5) is 4.79 Å². The minimum absolute atomic E-state index is 0.0254. The van der Waals surface area contributed by atoms with Gasteiger partial charge in [0.2, 0.25) is 0 Å². The number of pyridine rings is 1. The molecule has 136 valence electrons. The molecule has 1 saturated carbocycles. The fourth-order valence-corrected chi connectivity index (χ4v) is 3.92. The second kappa shape index (κ2) is 6.82. The van der Waals surface area contributed by atoms with E-state index in [9.17, 15) is 14.4 Å². The summed E-state index contributed by atoms with van der Waals surface area (Å²) in [4.78, 5) is 39.2. The molecular weight excluding hydrogens is 390 g/mol. The number of halogens is 1. The van der Waals surface area contributed by atoms with Crippen molar-refractivity contribution in [3.8, 4) is 5.75 Å². The summed E-state index contributed by atoms with van der Waals surface area (Å²) < 4.78 is 8.19. The van der Waals surface area contributed by atoms with E-state index in [0.29, 0.717) is 18.6 Å². The molecule has 1 aromatic rings. The summed E-state index contributed by atoms with van der Waals surface area (Å²) in [5.74, 6) is 0.416. The Morgan fingerprint density at radius 2 is 1.76 bits per heavy atom. The van der Waals surface area contributed by atoms with Crippen molar-refractivity contribution in [2.24, 2.45) is 7.05 Å². The predicted octanol–water partition coefficient (Wildman–Crippen LogP) is 2.12. The molecule has 0 N–H and O–H groups in total. The monoisotopic (exact) mass is 411 g/mol. The van der Waals surface area contributed by atoms with Crippen LogP contribution in [0.25, 0.3) is 0 Å². The van der Waals surface area contributed by atoms with Gasteiger partial charge in [-0.3, -0.25) is 14.5 Å². The molecule has 0 aromatic carbocycles. The zero-order valence-corrected chi connectivity index (χ0v) is 16.2. The highest BCUT2D eigenvalue weighted by atomic mass is 79.9. The van der Waals surface area contributed by atoms with Gasteiger partial charge in [0, 0.05) is 32.4 Å². The molecule has 3 rings (SSSR count). The molecule has 2 aliphatic rings. The second-order valence-electron chi connectivity index (χ2n) is 6.76. The molecule has 0 spiro atoms. The van der Waals surface area contributed by atoms with Crippen LogP contribution in [-0.4, -0.2) is 51.5 Å². The quantitative estimate of drug-likeness (QED) is 0.714. The average Bonchev–Trinajstić information content (AvgIpc) is 2.77. The summed E-state index contributed by atoms with van der Waals surface area (Å²) >= 11 is 3.41. The normalized spacial score (nSPS) is 27.1. The van der Waals surface area contributed by atoms with E-state index >= 15 is 0 Å². The molecule has 7 nitrogen and oxygen atoms in total. The maximum Gasteiger partial charge on any atom is 0.327 e. The number of likely N-dealkylation sites (N-methyl/N-ethyl adjacent to an activating group) is 1. The molecule has 1 atom stereocenters. The Labute approximate surface area is 154 Å². The molecule has 2 fully saturated rings. The molecular formula is C17H22BrN3O4. The summed E-state index contributed by atoms with van der Waals surface area (Å²) in [5.41, 5.74) is -0.128. The SMILES string of the molecule is C[C@@H]1C(=O)N([C@H]2CC[C@H](Oc3cc(=O)n(C)cc3Br)CC2)C(=O)N1C. The van der Waals surface area contributed by atoms with Crippen LogP contribution in [0.15, 0.2) is 21.5 Å². The van der Waals surface area contributed by atoms with Crippen molar-refractivity contribution >= 4 is 27.9 Å². The minimum Gasteiger partial charge on any atom is -0.489 e. The fourth-order valence-electron chi connectivity index (χ4n) is 3.40. The molecule has 8 heteroatoms. The van der Waals surface area contributed by atoms with Gasteiger partial charge >= 0.3 is 6.03 Å². The zero-order chi connectivity index (χ0) is 18.3. The molecule has 1 saturated heterocycles. The third-order valence-corrected chi connectivity index (χ3v) is 5.73. The highest BCUT2D eigenvalue weighted by Crippen LogP contribution is 2.32. The molecule has 0 unspecified atom stereocenters. The third-order valence-electron chi connectivity index (χ3n) is 5.13. The van der Waals surface area contributed by atoms with Crippen LogP contribution in [0, 0.1) is 0 Å². The standard InChI is InChI=1S/C17H22BrN3O4/c1-10-16(23)21(17(24)20(10)3)11-4-6-12(7-5-11)25-14-8-15(22)19(2)9-13(14)18/h8-12H,4-7H2,1-3H3/t10-,11-,12-/m1/s1. The zero-order valence-electron chi connectivity index (χ0n) is 14.6. The lowest BCUT2D eigenvalue weighted by Gasteiger charge is -2.33. The largest absolute Gasteiger partial charge is 0.489 e. The van der Waals surface area contributed by atoms with Gasteiger partial charge in [-0.1, -0.05) is 0 Å². The molecule has 3 amide bonds. The van der Waals surface area contributed by atoms with E-state index in [-0.39, 0.29) is 29.6 Å². The Hall–Kier alpha value is -1.83. The number of hydrogen-bond donors (Lipinski definition) is 0. The first kappa shape index (κ1) is 18.0. The van der Waals surface area contributed by atoms with Crippen molar-refractivity contribution in [2.45, 2.75) is 50.8 Å². The number of urea groups is 1. The van der Waals surface area contributed by atoms with Crippen LogP contribution in [0.1, 0.15) is 32.6 Å². The highest BCUT2D eigenvalue weighted by molar-refractivity contribution is 9.10. The molecule has 0 radical (unpaired) electrons. The minimum atomic E-state index is -0.391. The molecule has 0 bridgehead atoms. The summed E-state index contributed by atoms with van der Waals surface area (Å²) in [6.45, 7) is 1.75. The van der Waals surface area contributed by atoms with Gasteiger partial charge < -0.3 is 14.2 Å². The number of hydrogen-bond acceptors (Lipinski definition) is 4. The number of amides is 3. The van der Waals surface area contributed by atoms with E-state index in [2.05, 4.69) is 15.9 Å². The van der Waals surface area contributed by atoms with E-state index < -0.39 is 6.04 Å². The van der Waals surface area contributed by atoms with E-state index in [1.807, 2.05) is 0 Å². The van der Waals surface area contributed by atoms with Gasteiger partial charge in [0.1, 0.15) is 11.8 Å². The van der Waals surface area contributed by atoms with E-state index in [0.717, 1.165) is 17.3 Å². The van der Waals surface area contributed by atoms with Gasteiger partial charge in [-0.2, -0.15) is 0 Å². The first-order chi connectivity index (χ1) is 11.8. The van der Waals surface area contributed by atoms with Crippen molar-refractivity contribution in [3.05, 3.63) is 27.1 Å². The number of nitrogens with zero attached hydrogens (tertiary/aromatic N) is 3. The van der Waals surface area contributed by atoms with Gasteiger partial charge in [0.15, 0.2) is 0 Å². The van der Waals surface area contributed by atoms with E-state index in [1.165, 1.54) is 20.4 Å². The lowest BCUT2D eigenvalue weighted by molar-refractivity contribution is -0.130. The van der Waals surface area contributed by atoms with Crippen molar-refractivity contribution in [1.29, 1.82) is 0 Å². The first-order valence-electron chi connectivity index (χ1n) is 8.42. The third kappa shape index (κ3) is 3.31. The molecule has 1 aliphatic heterocycles. The highest BCUT2D eigenvalue weighted by Gasteiger charge is 2.44. The summed E-state index contributed by atoms with van der Waals surface area (Å²) in [6.07, 6.45) is 4.56. The summed E-state index contributed by atoms with van der Waals surface area (Å²) in [6, 6.07) is 0.800. The van der Waals surface area contributed by atoms with Crippen LogP contribution in [0.2, 0.25) is 0 Å². The molecule has 1 aromatic heterocycles. The Morgan fingerprint density at radius 3 is 2.32 bits per heavy atom. The lowest BCUT2D eigenvalue weighted by Crippen LogP contribution is -2.44. The summed E-state index contributed by atoms with van der Waals surface area (Å²) in [7, 11) is 3.34. The van der Waals surface area contributed by atoms with Crippen molar-refractivity contribution < 1.29 is 14.3 Å². The van der Waals surface area contributed by atoms with Gasteiger partial charge in [-0.15, -0.1) is 0 Å². The Morgan fingerprint density at radius 1 is 1.12 bits per heavy atom. The van der Waals surface area contributed by atoms with E-state index in [4.69, 9.17) is 4.74 Å². The first-order valence-corrected chi connectivity index (χ1v) is 9.21. The maximum absolute atomic E-state index is 12.3. The van der Waals surface area contributed by atoms with Crippen molar-refractivity contribution in [2.75, 3.05) is 7.05 Å². The number of ether oxygens (including phenoxy) is 1. The number of carbonyl (C=O) groups is 2. The number of aryl methyl sites for hydroxylation is 1. The van der Waals surface area contributed by atoms with Gasteiger partial charge in [-0.05, 0) is 48.5 Å². The fraction of sp³-hybridized carbons (Fsp3) is 0.588. The van der Waals surface area contributed by atoms with Crippen molar-refractivity contribution in [3.63, 3.8) is 0 Å². The van der Waals surface area contributed by atoms with Crippen LogP contribution >= 0.6 is 15.9 Å². The topological polar surface area (TPSA) is 71.8 Å². The van der Waals surface area contributed by atoms with Crippen LogP contribution in [-0.2, 0) is 11.8 Å². The molecule has 1 aliphatic carbocycles. The van der Waals surface area contributed by atoms with Crippen LogP contribution < -0.4 is 10.3 Å². The number of carbonyl (C=O) groups excluding carboxylic acids is 2. The predicted molar refractivity (Wildman–Crippen MR) is 95.5 cm³/mol. The Balaban J connectivity index is 1.63. The van der Waals surface area contributed by atoms with Crippen LogP contribution in [0.3, 0.4) is 0 Å². The van der Waals surface area contributed by atoms with Crippen LogP contribution in [0.5, 0.6) is 5.75 Å². The number of aromatic nitrogens is 1. The molecule has 25 heavy (non-hydrogen) atoms. The number of imide groups is 1. The second-order valence-corrected chi connectivity index (χ2v) is 7.62. The number of rotatable bonds is 3. The Kier molecular flexibility index (Phi) is 4.90. The van der Waals surface area contributed by atoms with Crippen molar-refractivity contribution in [1.82, 2.24) is 14.4 Å². The average molecular weight is 412 g/mol. The van der Waals surface area contributed by atoms with E-state index in [1.54, 1.807) is 27.2 Å². The Bertz CT molecular complexity index is 735.